The Hall–Kier alpha value is -0.780. The van der Waals surface area contributed by atoms with Crippen molar-refractivity contribution in [1.29, 1.82) is 0 Å². The number of carbonyl (C=O) groups excluding carboxylic acids is 1. The lowest BCUT2D eigenvalue weighted by atomic mass is 9.79. The minimum Gasteiger partial charge on any atom is -0.353 e. The van der Waals surface area contributed by atoms with Crippen LogP contribution < -0.4 is 11.1 Å². The SMILES string of the molecule is CC(C)(C)C(CCN)NC(=O)C1CCCC(C(F)(F)F)C1. The quantitative estimate of drug-likeness (QED) is 0.837. The summed E-state index contributed by atoms with van der Waals surface area (Å²) in [5, 5.41) is 2.91. The molecule has 1 amide bonds. The Kier molecular flexibility index (Phi) is 6.08. The van der Waals surface area contributed by atoms with Crippen molar-refractivity contribution < 1.29 is 18.0 Å². The van der Waals surface area contributed by atoms with Gasteiger partial charge in [-0.1, -0.05) is 27.2 Å². The number of nitrogens with two attached hydrogens (primary N) is 1. The zero-order chi connectivity index (χ0) is 16.3. The van der Waals surface area contributed by atoms with E-state index in [1.807, 2.05) is 20.8 Å². The maximum atomic E-state index is 12.8. The predicted octanol–water partition coefficient (Wildman–Crippen LogP) is 3.23. The zero-order valence-corrected chi connectivity index (χ0v) is 13.1. The van der Waals surface area contributed by atoms with Crippen molar-refractivity contribution in [2.24, 2.45) is 23.0 Å². The molecule has 3 atom stereocenters. The van der Waals surface area contributed by atoms with E-state index in [4.69, 9.17) is 5.73 Å². The van der Waals surface area contributed by atoms with Crippen molar-refractivity contribution in [2.45, 2.75) is 65.1 Å². The number of rotatable bonds is 4. The molecule has 0 spiro atoms. The van der Waals surface area contributed by atoms with Gasteiger partial charge < -0.3 is 11.1 Å². The average molecular weight is 308 g/mol. The van der Waals surface area contributed by atoms with E-state index in [0.29, 0.717) is 25.8 Å². The molecule has 3 unspecified atom stereocenters. The summed E-state index contributed by atoms with van der Waals surface area (Å²) in [7, 11) is 0. The monoisotopic (exact) mass is 308 g/mol. The molecule has 21 heavy (non-hydrogen) atoms. The summed E-state index contributed by atoms with van der Waals surface area (Å²) >= 11 is 0. The second-order valence-corrected chi connectivity index (χ2v) is 7.11. The minimum atomic E-state index is -4.19. The van der Waals surface area contributed by atoms with Crippen LogP contribution in [-0.2, 0) is 4.79 Å². The normalized spacial score (nSPS) is 25.5. The van der Waals surface area contributed by atoms with Crippen LogP contribution in [0.2, 0.25) is 0 Å². The van der Waals surface area contributed by atoms with Crippen LogP contribution in [0, 0.1) is 17.3 Å². The van der Waals surface area contributed by atoms with Crippen LogP contribution in [-0.4, -0.2) is 24.7 Å². The predicted molar refractivity (Wildman–Crippen MR) is 76.6 cm³/mol. The summed E-state index contributed by atoms with van der Waals surface area (Å²) in [5.74, 6) is -2.13. The molecule has 6 heteroatoms. The van der Waals surface area contributed by atoms with Gasteiger partial charge in [-0.15, -0.1) is 0 Å². The standard InChI is InChI=1S/C15H27F3N2O/c1-14(2,3)12(7-8-19)20-13(21)10-5-4-6-11(9-10)15(16,17)18/h10-12H,4-9,19H2,1-3H3,(H,20,21). The summed E-state index contributed by atoms with van der Waals surface area (Å²) in [4.78, 5) is 12.3. The summed E-state index contributed by atoms with van der Waals surface area (Å²) in [6.45, 7) is 6.42. The molecule has 3 N–H and O–H groups in total. The molecule has 1 rings (SSSR count). The second-order valence-electron chi connectivity index (χ2n) is 7.11. The third-order valence-corrected chi connectivity index (χ3v) is 4.33. The highest BCUT2D eigenvalue weighted by Gasteiger charge is 2.43. The number of amides is 1. The van der Waals surface area contributed by atoms with Gasteiger partial charge in [0.25, 0.3) is 0 Å². The summed E-state index contributed by atoms with van der Waals surface area (Å²) in [6, 6.07) is -0.110. The summed E-state index contributed by atoms with van der Waals surface area (Å²) in [6.07, 6.45) is -2.52. The van der Waals surface area contributed by atoms with Crippen molar-refractivity contribution in [3.8, 4) is 0 Å². The molecule has 0 aromatic heterocycles. The fraction of sp³-hybridized carbons (Fsp3) is 0.933. The van der Waals surface area contributed by atoms with Gasteiger partial charge in [-0.3, -0.25) is 4.79 Å². The number of hydrogen-bond donors (Lipinski definition) is 2. The van der Waals surface area contributed by atoms with Gasteiger partial charge in [0.05, 0.1) is 5.92 Å². The fourth-order valence-corrected chi connectivity index (χ4v) is 2.90. The van der Waals surface area contributed by atoms with E-state index >= 15 is 0 Å². The largest absolute Gasteiger partial charge is 0.391 e. The Balaban J connectivity index is 2.65. The Morgan fingerprint density at radius 3 is 2.38 bits per heavy atom. The Bertz CT molecular complexity index is 350. The van der Waals surface area contributed by atoms with Crippen LogP contribution in [0.1, 0.15) is 52.9 Å². The summed E-state index contributed by atoms with van der Waals surface area (Å²) in [5.41, 5.74) is 5.40. The Labute approximate surface area is 124 Å². The van der Waals surface area contributed by atoms with Gasteiger partial charge in [-0.05, 0) is 37.6 Å². The van der Waals surface area contributed by atoms with E-state index in [0.717, 1.165) is 0 Å². The van der Waals surface area contributed by atoms with Gasteiger partial charge in [-0.2, -0.15) is 13.2 Å². The van der Waals surface area contributed by atoms with Crippen molar-refractivity contribution in [3.05, 3.63) is 0 Å². The van der Waals surface area contributed by atoms with Crippen LogP contribution in [0.5, 0.6) is 0 Å². The van der Waals surface area contributed by atoms with Crippen molar-refractivity contribution in [2.75, 3.05) is 6.54 Å². The lowest BCUT2D eigenvalue weighted by Gasteiger charge is -2.35. The van der Waals surface area contributed by atoms with Crippen molar-refractivity contribution in [1.82, 2.24) is 5.32 Å². The fourth-order valence-electron chi connectivity index (χ4n) is 2.90. The molecule has 0 bridgehead atoms. The average Bonchev–Trinajstić information content (AvgIpc) is 2.36. The van der Waals surface area contributed by atoms with Gasteiger partial charge >= 0.3 is 6.18 Å². The van der Waals surface area contributed by atoms with E-state index in [9.17, 15) is 18.0 Å². The molecule has 1 aliphatic carbocycles. The molecular formula is C15H27F3N2O. The minimum absolute atomic E-state index is 0.0885. The number of carbonyl (C=O) groups is 1. The third kappa shape index (κ3) is 5.49. The molecule has 1 fully saturated rings. The van der Waals surface area contributed by atoms with E-state index in [-0.39, 0.29) is 30.2 Å². The first-order chi connectivity index (χ1) is 9.55. The van der Waals surface area contributed by atoms with Gasteiger partial charge in [-0.25, -0.2) is 0 Å². The smallest absolute Gasteiger partial charge is 0.353 e. The Morgan fingerprint density at radius 1 is 1.29 bits per heavy atom. The van der Waals surface area contributed by atoms with Crippen LogP contribution in [0.3, 0.4) is 0 Å². The first-order valence-corrected chi connectivity index (χ1v) is 7.63. The molecule has 0 aliphatic heterocycles. The molecule has 0 saturated heterocycles. The van der Waals surface area contributed by atoms with Crippen molar-refractivity contribution in [3.63, 3.8) is 0 Å². The zero-order valence-electron chi connectivity index (χ0n) is 13.1. The van der Waals surface area contributed by atoms with E-state index in [2.05, 4.69) is 5.32 Å². The van der Waals surface area contributed by atoms with Crippen molar-refractivity contribution >= 4 is 5.91 Å². The second kappa shape index (κ2) is 6.99. The molecule has 0 aromatic rings. The highest BCUT2D eigenvalue weighted by Crippen LogP contribution is 2.40. The summed E-state index contributed by atoms with van der Waals surface area (Å²) < 4.78 is 38.4. The van der Waals surface area contributed by atoms with Crippen LogP contribution >= 0.6 is 0 Å². The first-order valence-electron chi connectivity index (χ1n) is 7.63. The topological polar surface area (TPSA) is 55.1 Å². The van der Waals surface area contributed by atoms with Crippen LogP contribution in [0.4, 0.5) is 13.2 Å². The lowest BCUT2D eigenvalue weighted by Crippen LogP contribution is -2.48. The highest BCUT2D eigenvalue weighted by molar-refractivity contribution is 5.79. The number of halogens is 3. The van der Waals surface area contributed by atoms with Gasteiger partial charge in [0.2, 0.25) is 5.91 Å². The molecule has 0 aromatic carbocycles. The van der Waals surface area contributed by atoms with Crippen LogP contribution in [0.15, 0.2) is 0 Å². The number of hydrogen-bond acceptors (Lipinski definition) is 2. The van der Waals surface area contributed by atoms with Crippen LogP contribution in [0.25, 0.3) is 0 Å². The first kappa shape index (κ1) is 18.3. The molecule has 1 saturated carbocycles. The van der Waals surface area contributed by atoms with E-state index in [1.165, 1.54) is 0 Å². The van der Waals surface area contributed by atoms with Gasteiger partial charge in [0, 0.05) is 12.0 Å². The maximum absolute atomic E-state index is 12.8. The molecule has 1 aliphatic rings. The molecular weight excluding hydrogens is 281 g/mol. The van der Waals surface area contributed by atoms with E-state index in [1.54, 1.807) is 0 Å². The molecule has 124 valence electrons. The molecule has 0 radical (unpaired) electrons. The third-order valence-electron chi connectivity index (χ3n) is 4.33. The molecule has 0 heterocycles. The number of alkyl halides is 3. The maximum Gasteiger partial charge on any atom is 0.391 e. The van der Waals surface area contributed by atoms with E-state index < -0.39 is 18.0 Å². The number of nitrogens with one attached hydrogen (secondary N) is 1. The lowest BCUT2D eigenvalue weighted by molar-refractivity contribution is -0.186. The molecule has 3 nitrogen and oxygen atoms in total. The van der Waals surface area contributed by atoms with Gasteiger partial charge in [0.15, 0.2) is 0 Å². The van der Waals surface area contributed by atoms with Gasteiger partial charge in [0.1, 0.15) is 0 Å². The highest BCUT2D eigenvalue weighted by atomic mass is 19.4. The Morgan fingerprint density at radius 2 is 1.90 bits per heavy atom.